The number of pyridine rings is 1. The number of aryl methyl sites for hydroxylation is 1. The van der Waals surface area contributed by atoms with Crippen LogP contribution in [0.1, 0.15) is 38.8 Å². The van der Waals surface area contributed by atoms with E-state index in [4.69, 9.17) is 5.73 Å². The van der Waals surface area contributed by atoms with E-state index in [9.17, 15) is 4.79 Å². The van der Waals surface area contributed by atoms with Crippen LogP contribution < -0.4 is 11.1 Å². The summed E-state index contributed by atoms with van der Waals surface area (Å²) in [5, 5.41) is 2.92. The molecule has 0 spiro atoms. The number of aromatic nitrogens is 1. The van der Waals surface area contributed by atoms with Crippen molar-refractivity contribution in [2.24, 2.45) is 11.7 Å². The van der Waals surface area contributed by atoms with E-state index in [1.807, 2.05) is 32.9 Å². The largest absolute Gasteiger partial charge is 0.328 e. The molecule has 0 saturated heterocycles. The standard InChI is InChI=1S/C14H22BrN3O/c1-9(5-4-6-10(2)16)14(19)18-12-7-8-13(15)17-11(12)3/h7-10H,4-6,16H2,1-3H3,(H,18,19). The van der Waals surface area contributed by atoms with E-state index < -0.39 is 0 Å². The molecule has 2 atom stereocenters. The van der Waals surface area contributed by atoms with Gasteiger partial charge >= 0.3 is 0 Å². The van der Waals surface area contributed by atoms with E-state index in [1.165, 1.54) is 0 Å². The third-order valence-electron chi connectivity index (χ3n) is 3.05. The highest BCUT2D eigenvalue weighted by Gasteiger charge is 2.14. The SMILES string of the molecule is Cc1nc(Br)ccc1NC(=O)C(C)CCCC(C)N. The maximum atomic E-state index is 12.0. The average molecular weight is 328 g/mol. The van der Waals surface area contributed by atoms with Gasteiger partial charge < -0.3 is 11.1 Å². The van der Waals surface area contributed by atoms with Gasteiger partial charge in [-0.2, -0.15) is 0 Å². The number of rotatable bonds is 6. The van der Waals surface area contributed by atoms with Gasteiger partial charge in [-0.1, -0.05) is 13.3 Å². The van der Waals surface area contributed by atoms with Gasteiger partial charge in [0.05, 0.1) is 11.4 Å². The van der Waals surface area contributed by atoms with Crippen LogP contribution in [0.15, 0.2) is 16.7 Å². The zero-order valence-corrected chi connectivity index (χ0v) is 13.3. The zero-order valence-electron chi connectivity index (χ0n) is 11.7. The summed E-state index contributed by atoms with van der Waals surface area (Å²) in [7, 11) is 0. The molecule has 5 heteroatoms. The summed E-state index contributed by atoms with van der Waals surface area (Å²) >= 11 is 3.30. The molecule has 0 radical (unpaired) electrons. The van der Waals surface area contributed by atoms with Gasteiger partial charge in [-0.3, -0.25) is 4.79 Å². The van der Waals surface area contributed by atoms with Crippen molar-refractivity contribution < 1.29 is 4.79 Å². The summed E-state index contributed by atoms with van der Waals surface area (Å²) in [4.78, 5) is 16.3. The summed E-state index contributed by atoms with van der Waals surface area (Å²) in [6, 6.07) is 3.88. The molecule has 1 aromatic rings. The molecular formula is C14H22BrN3O. The maximum absolute atomic E-state index is 12.0. The molecular weight excluding hydrogens is 306 g/mol. The highest BCUT2D eigenvalue weighted by molar-refractivity contribution is 9.10. The van der Waals surface area contributed by atoms with Crippen LogP contribution in [0.25, 0.3) is 0 Å². The molecule has 106 valence electrons. The molecule has 1 aromatic heterocycles. The summed E-state index contributed by atoms with van der Waals surface area (Å²) in [6.07, 6.45) is 2.79. The fourth-order valence-corrected chi connectivity index (χ4v) is 2.19. The number of carbonyl (C=O) groups excluding carboxylic acids is 1. The first-order valence-electron chi connectivity index (χ1n) is 6.59. The minimum absolute atomic E-state index is 0.0122. The number of halogens is 1. The second kappa shape index (κ2) is 7.60. The summed E-state index contributed by atoms with van der Waals surface area (Å²) in [6.45, 7) is 5.81. The quantitative estimate of drug-likeness (QED) is 0.788. The molecule has 0 aliphatic heterocycles. The highest BCUT2D eigenvalue weighted by Crippen LogP contribution is 2.18. The molecule has 0 aromatic carbocycles. The van der Waals surface area contributed by atoms with Crippen molar-refractivity contribution in [1.29, 1.82) is 0 Å². The third-order valence-corrected chi connectivity index (χ3v) is 3.50. The van der Waals surface area contributed by atoms with E-state index in [0.717, 1.165) is 35.2 Å². The predicted molar refractivity (Wildman–Crippen MR) is 82.0 cm³/mol. The summed E-state index contributed by atoms with van der Waals surface area (Å²) < 4.78 is 0.771. The highest BCUT2D eigenvalue weighted by atomic mass is 79.9. The van der Waals surface area contributed by atoms with Crippen molar-refractivity contribution in [3.63, 3.8) is 0 Å². The Balaban J connectivity index is 2.49. The van der Waals surface area contributed by atoms with Crippen LogP contribution in [-0.2, 0) is 4.79 Å². The van der Waals surface area contributed by atoms with Crippen LogP contribution in [0.4, 0.5) is 5.69 Å². The van der Waals surface area contributed by atoms with Crippen LogP contribution in [0.2, 0.25) is 0 Å². The van der Waals surface area contributed by atoms with Crippen molar-refractivity contribution in [2.45, 2.75) is 46.1 Å². The lowest BCUT2D eigenvalue weighted by Crippen LogP contribution is -2.22. The number of hydrogen-bond acceptors (Lipinski definition) is 3. The molecule has 0 aliphatic rings. The lowest BCUT2D eigenvalue weighted by molar-refractivity contribution is -0.119. The van der Waals surface area contributed by atoms with E-state index >= 15 is 0 Å². The first kappa shape index (κ1) is 16.1. The van der Waals surface area contributed by atoms with Gasteiger partial charge in [0.1, 0.15) is 4.60 Å². The van der Waals surface area contributed by atoms with Gasteiger partial charge in [-0.25, -0.2) is 4.98 Å². The van der Waals surface area contributed by atoms with Crippen molar-refractivity contribution in [3.8, 4) is 0 Å². The molecule has 2 unspecified atom stereocenters. The van der Waals surface area contributed by atoms with Crippen molar-refractivity contribution >= 4 is 27.5 Å². The molecule has 4 nitrogen and oxygen atoms in total. The van der Waals surface area contributed by atoms with E-state index in [1.54, 1.807) is 0 Å². The van der Waals surface area contributed by atoms with E-state index in [0.29, 0.717) is 0 Å². The number of amides is 1. The molecule has 19 heavy (non-hydrogen) atoms. The monoisotopic (exact) mass is 327 g/mol. The molecule has 1 heterocycles. The van der Waals surface area contributed by atoms with Crippen LogP contribution >= 0.6 is 15.9 Å². The number of nitrogens with zero attached hydrogens (tertiary/aromatic N) is 1. The Labute approximate surface area is 123 Å². The molecule has 0 aliphatic carbocycles. The second-order valence-electron chi connectivity index (χ2n) is 5.07. The summed E-state index contributed by atoms with van der Waals surface area (Å²) in [5.74, 6) is 0.0266. The van der Waals surface area contributed by atoms with Gasteiger partial charge in [0, 0.05) is 12.0 Å². The topological polar surface area (TPSA) is 68.0 Å². The van der Waals surface area contributed by atoms with E-state index in [2.05, 4.69) is 26.2 Å². The fourth-order valence-electron chi connectivity index (χ4n) is 1.80. The lowest BCUT2D eigenvalue weighted by Gasteiger charge is -2.14. The first-order chi connectivity index (χ1) is 8.90. The molecule has 3 N–H and O–H groups in total. The molecule has 0 saturated carbocycles. The number of nitrogens with one attached hydrogen (secondary N) is 1. The summed E-state index contributed by atoms with van der Waals surface area (Å²) in [5.41, 5.74) is 7.28. The first-order valence-corrected chi connectivity index (χ1v) is 7.39. The van der Waals surface area contributed by atoms with Gasteiger partial charge in [0.2, 0.25) is 5.91 Å². The van der Waals surface area contributed by atoms with Gasteiger partial charge in [0.15, 0.2) is 0 Å². The van der Waals surface area contributed by atoms with Crippen LogP contribution in [0.3, 0.4) is 0 Å². The Morgan fingerprint density at radius 1 is 1.42 bits per heavy atom. The van der Waals surface area contributed by atoms with Gasteiger partial charge in [-0.05, 0) is 54.8 Å². The molecule has 1 rings (SSSR count). The Bertz CT molecular complexity index is 435. The minimum atomic E-state index is -0.0122. The Morgan fingerprint density at radius 2 is 2.11 bits per heavy atom. The molecule has 1 amide bonds. The Kier molecular flexibility index (Phi) is 6.45. The van der Waals surface area contributed by atoms with Crippen molar-refractivity contribution in [3.05, 3.63) is 22.4 Å². The number of hydrogen-bond donors (Lipinski definition) is 2. The predicted octanol–water partition coefficient (Wildman–Crippen LogP) is 3.24. The number of nitrogens with two attached hydrogens (primary N) is 1. The Hall–Kier alpha value is -0.940. The Morgan fingerprint density at radius 3 is 2.68 bits per heavy atom. The molecule has 0 fully saturated rings. The van der Waals surface area contributed by atoms with Crippen LogP contribution in [-0.4, -0.2) is 16.9 Å². The van der Waals surface area contributed by atoms with E-state index in [-0.39, 0.29) is 17.9 Å². The van der Waals surface area contributed by atoms with Crippen LogP contribution in [0, 0.1) is 12.8 Å². The zero-order chi connectivity index (χ0) is 14.4. The average Bonchev–Trinajstić information content (AvgIpc) is 2.32. The van der Waals surface area contributed by atoms with Crippen molar-refractivity contribution in [1.82, 2.24) is 4.98 Å². The lowest BCUT2D eigenvalue weighted by atomic mass is 10.0. The fraction of sp³-hybridized carbons (Fsp3) is 0.571. The van der Waals surface area contributed by atoms with Crippen LogP contribution in [0.5, 0.6) is 0 Å². The second-order valence-corrected chi connectivity index (χ2v) is 5.88. The van der Waals surface area contributed by atoms with Crippen molar-refractivity contribution in [2.75, 3.05) is 5.32 Å². The normalized spacial score (nSPS) is 13.9. The smallest absolute Gasteiger partial charge is 0.227 e. The van der Waals surface area contributed by atoms with Gasteiger partial charge in [-0.15, -0.1) is 0 Å². The minimum Gasteiger partial charge on any atom is -0.328 e. The number of carbonyl (C=O) groups is 1. The van der Waals surface area contributed by atoms with Gasteiger partial charge in [0.25, 0.3) is 0 Å². The maximum Gasteiger partial charge on any atom is 0.227 e. The molecule has 0 bridgehead atoms. The number of anilines is 1. The third kappa shape index (κ3) is 5.70.